The van der Waals surface area contributed by atoms with Gasteiger partial charge in [-0.05, 0) is 56.6 Å². The summed E-state index contributed by atoms with van der Waals surface area (Å²) in [5.74, 6) is -0.107. The van der Waals surface area contributed by atoms with E-state index in [2.05, 4.69) is 22.9 Å². The van der Waals surface area contributed by atoms with E-state index in [4.69, 9.17) is 0 Å². The molecule has 1 aromatic carbocycles. The first-order chi connectivity index (χ1) is 8.63. The Labute approximate surface area is 109 Å². The molecule has 0 aromatic heterocycles. The van der Waals surface area contributed by atoms with Gasteiger partial charge < -0.3 is 9.80 Å². The quantitative estimate of drug-likeness (QED) is 0.809. The third kappa shape index (κ3) is 4.07. The van der Waals surface area contributed by atoms with Crippen molar-refractivity contribution in [2.45, 2.75) is 19.8 Å². The van der Waals surface area contributed by atoms with Gasteiger partial charge in [-0.25, -0.2) is 4.39 Å². The molecule has 2 nitrogen and oxygen atoms in total. The second-order valence-corrected chi connectivity index (χ2v) is 5.39. The lowest BCUT2D eigenvalue weighted by Gasteiger charge is -2.32. The molecule has 0 aliphatic carbocycles. The summed E-state index contributed by atoms with van der Waals surface area (Å²) in [5, 5.41) is 0. The number of rotatable bonds is 4. The van der Waals surface area contributed by atoms with E-state index in [1.807, 2.05) is 6.92 Å². The lowest BCUT2D eigenvalue weighted by atomic mass is 10.1. The van der Waals surface area contributed by atoms with Crippen molar-refractivity contribution in [1.29, 1.82) is 0 Å². The number of hydrogen-bond acceptors (Lipinski definition) is 2. The molecule has 0 atom stereocenters. The Balaban J connectivity index is 1.74. The van der Waals surface area contributed by atoms with Gasteiger partial charge in [0.2, 0.25) is 0 Å². The lowest BCUT2D eigenvalue weighted by Crippen LogP contribution is -2.44. The van der Waals surface area contributed by atoms with Gasteiger partial charge in [-0.15, -0.1) is 0 Å². The van der Waals surface area contributed by atoms with Crippen molar-refractivity contribution in [3.8, 4) is 0 Å². The number of hydrogen-bond donors (Lipinski definition) is 0. The van der Waals surface area contributed by atoms with Gasteiger partial charge >= 0.3 is 0 Å². The van der Waals surface area contributed by atoms with E-state index in [1.54, 1.807) is 12.1 Å². The SMILES string of the molecule is Cc1cc(F)cc(CCCN2CCN(C)CC2)c1. The van der Waals surface area contributed by atoms with E-state index >= 15 is 0 Å². The van der Waals surface area contributed by atoms with Gasteiger partial charge in [0.05, 0.1) is 0 Å². The maximum atomic E-state index is 13.2. The van der Waals surface area contributed by atoms with E-state index in [0.29, 0.717) is 0 Å². The first kappa shape index (κ1) is 13.5. The van der Waals surface area contributed by atoms with E-state index in [0.717, 1.165) is 30.5 Å². The third-order valence-electron chi connectivity index (χ3n) is 3.64. The van der Waals surface area contributed by atoms with Gasteiger partial charge in [0.1, 0.15) is 5.82 Å². The fraction of sp³-hybridized carbons (Fsp3) is 0.600. The zero-order valence-corrected chi connectivity index (χ0v) is 11.5. The summed E-state index contributed by atoms with van der Waals surface area (Å²) in [6, 6.07) is 5.34. The summed E-state index contributed by atoms with van der Waals surface area (Å²) < 4.78 is 13.2. The van der Waals surface area contributed by atoms with E-state index in [9.17, 15) is 4.39 Å². The molecule has 0 bridgehead atoms. The van der Waals surface area contributed by atoms with Crippen molar-refractivity contribution in [3.63, 3.8) is 0 Å². The van der Waals surface area contributed by atoms with Crippen LogP contribution in [0.25, 0.3) is 0 Å². The predicted molar refractivity (Wildman–Crippen MR) is 73.4 cm³/mol. The largest absolute Gasteiger partial charge is 0.304 e. The Kier molecular flexibility index (Phi) is 4.72. The smallest absolute Gasteiger partial charge is 0.123 e. The van der Waals surface area contributed by atoms with Crippen molar-refractivity contribution in [3.05, 3.63) is 35.1 Å². The molecule has 0 amide bonds. The van der Waals surface area contributed by atoms with Crippen molar-refractivity contribution < 1.29 is 4.39 Å². The molecule has 0 saturated carbocycles. The number of nitrogens with zero attached hydrogens (tertiary/aromatic N) is 2. The van der Waals surface area contributed by atoms with Crippen LogP contribution in [0, 0.1) is 12.7 Å². The van der Waals surface area contributed by atoms with E-state index < -0.39 is 0 Å². The molecule has 1 fully saturated rings. The molecule has 3 heteroatoms. The van der Waals surface area contributed by atoms with Crippen molar-refractivity contribution in [1.82, 2.24) is 9.80 Å². The van der Waals surface area contributed by atoms with Crippen LogP contribution in [0.5, 0.6) is 0 Å². The standard InChI is InChI=1S/C15H23FN2/c1-13-10-14(12-15(16)11-13)4-3-5-18-8-6-17(2)7-9-18/h10-12H,3-9H2,1-2H3. The van der Waals surface area contributed by atoms with Crippen LogP contribution in [0.1, 0.15) is 17.5 Å². The highest BCUT2D eigenvalue weighted by Crippen LogP contribution is 2.11. The fourth-order valence-electron chi connectivity index (χ4n) is 2.53. The van der Waals surface area contributed by atoms with Crippen LogP contribution >= 0.6 is 0 Å². The van der Waals surface area contributed by atoms with Crippen LogP contribution in [-0.4, -0.2) is 49.6 Å². The molecule has 0 N–H and O–H groups in total. The van der Waals surface area contributed by atoms with Gasteiger partial charge in [-0.1, -0.05) is 6.07 Å². The van der Waals surface area contributed by atoms with Gasteiger partial charge in [0, 0.05) is 26.2 Å². The molecule has 1 heterocycles. The molecule has 1 saturated heterocycles. The molecule has 0 spiro atoms. The van der Waals surface area contributed by atoms with Crippen LogP contribution in [0.4, 0.5) is 4.39 Å². The highest BCUT2D eigenvalue weighted by molar-refractivity contribution is 5.23. The monoisotopic (exact) mass is 250 g/mol. The zero-order valence-electron chi connectivity index (χ0n) is 11.5. The number of halogens is 1. The highest BCUT2D eigenvalue weighted by atomic mass is 19.1. The summed E-state index contributed by atoms with van der Waals surface area (Å²) in [7, 11) is 2.17. The minimum Gasteiger partial charge on any atom is -0.304 e. The summed E-state index contributed by atoms with van der Waals surface area (Å²) in [6.45, 7) is 7.74. The molecular formula is C15H23FN2. The Bertz CT molecular complexity index is 364. The minimum atomic E-state index is -0.107. The second-order valence-electron chi connectivity index (χ2n) is 5.39. The van der Waals surface area contributed by atoms with E-state index in [-0.39, 0.29) is 5.82 Å². The van der Waals surface area contributed by atoms with Crippen molar-refractivity contribution in [2.75, 3.05) is 39.8 Å². The predicted octanol–water partition coefficient (Wildman–Crippen LogP) is 2.31. The van der Waals surface area contributed by atoms with Crippen LogP contribution in [0.3, 0.4) is 0 Å². The van der Waals surface area contributed by atoms with Crippen molar-refractivity contribution in [2.24, 2.45) is 0 Å². The number of likely N-dealkylation sites (N-methyl/N-ethyl adjacent to an activating group) is 1. The first-order valence-electron chi connectivity index (χ1n) is 6.80. The Morgan fingerprint density at radius 3 is 2.50 bits per heavy atom. The Morgan fingerprint density at radius 1 is 1.11 bits per heavy atom. The average Bonchev–Trinajstić information content (AvgIpc) is 2.30. The molecule has 1 aliphatic heterocycles. The molecule has 18 heavy (non-hydrogen) atoms. The second kappa shape index (κ2) is 6.30. The summed E-state index contributed by atoms with van der Waals surface area (Å²) >= 11 is 0. The summed E-state index contributed by atoms with van der Waals surface area (Å²) in [5.41, 5.74) is 2.14. The molecule has 1 aromatic rings. The first-order valence-corrected chi connectivity index (χ1v) is 6.80. The molecular weight excluding hydrogens is 227 g/mol. The van der Waals surface area contributed by atoms with E-state index in [1.165, 1.54) is 26.2 Å². The Morgan fingerprint density at radius 2 is 1.83 bits per heavy atom. The van der Waals surface area contributed by atoms with Gasteiger partial charge in [-0.2, -0.15) is 0 Å². The summed E-state index contributed by atoms with van der Waals surface area (Å²) in [6.07, 6.45) is 2.09. The average molecular weight is 250 g/mol. The molecule has 0 unspecified atom stereocenters. The number of piperazine rings is 1. The third-order valence-corrected chi connectivity index (χ3v) is 3.64. The molecule has 100 valence electrons. The topological polar surface area (TPSA) is 6.48 Å². The summed E-state index contributed by atoms with van der Waals surface area (Å²) in [4.78, 5) is 4.87. The molecule has 2 rings (SSSR count). The zero-order chi connectivity index (χ0) is 13.0. The van der Waals surface area contributed by atoms with Gasteiger partial charge in [0.25, 0.3) is 0 Å². The highest BCUT2D eigenvalue weighted by Gasteiger charge is 2.12. The normalized spacial score (nSPS) is 18.2. The van der Waals surface area contributed by atoms with Crippen molar-refractivity contribution >= 4 is 0 Å². The van der Waals surface area contributed by atoms with Crippen LogP contribution < -0.4 is 0 Å². The number of aryl methyl sites for hydroxylation is 2. The molecule has 1 aliphatic rings. The fourth-order valence-corrected chi connectivity index (χ4v) is 2.53. The number of benzene rings is 1. The van der Waals surface area contributed by atoms with Crippen LogP contribution in [0.2, 0.25) is 0 Å². The Hall–Kier alpha value is -0.930. The van der Waals surface area contributed by atoms with Crippen LogP contribution in [-0.2, 0) is 6.42 Å². The molecule has 0 radical (unpaired) electrons. The minimum absolute atomic E-state index is 0.107. The lowest BCUT2D eigenvalue weighted by molar-refractivity contribution is 0.153. The van der Waals surface area contributed by atoms with Gasteiger partial charge in [-0.3, -0.25) is 0 Å². The van der Waals surface area contributed by atoms with Crippen LogP contribution in [0.15, 0.2) is 18.2 Å². The maximum absolute atomic E-state index is 13.2. The van der Waals surface area contributed by atoms with Gasteiger partial charge in [0.15, 0.2) is 0 Å². The maximum Gasteiger partial charge on any atom is 0.123 e.